The highest BCUT2D eigenvalue weighted by Gasteiger charge is 2.38. The van der Waals surface area contributed by atoms with Crippen molar-refractivity contribution in [1.29, 1.82) is 0 Å². The van der Waals surface area contributed by atoms with Gasteiger partial charge in [0, 0.05) is 12.0 Å². The molecule has 0 aliphatic carbocycles. The largest absolute Gasteiger partial charge is 0.471 e. The minimum Gasteiger partial charge on any atom is -0.455 e. The van der Waals surface area contributed by atoms with Crippen LogP contribution in [0.1, 0.15) is 24.8 Å². The van der Waals surface area contributed by atoms with Crippen LogP contribution in [0.5, 0.6) is 11.6 Å². The van der Waals surface area contributed by atoms with Crippen molar-refractivity contribution in [3.05, 3.63) is 52.2 Å². The number of rotatable bonds is 6. The Morgan fingerprint density at radius 1 is 1.28 bits per heavy atom. The molecule has 0 saturated carbocycles. The Kier molecular flexibility index (Phi) is 5.52. The summed E-state index contributed by atoms with van der Waals surface area (Å²) in [7, 11) is 0. The van der Waals surface area contributed by atoms with Gasteiger partial charge in [0.2, 0.25) is 23.8 Å². The molecule has 3 rings (SSSR count). The second-order valence-corrected chi connectivity index (χ2v) is 5.84. The van der Waals surface area contributed by atoms with Gasteiger partial charge in [0.15, 0.2) is 0 Å². The zero-order valence-corrected chi connectivity index (χ0v) is 15.1. The van der Waals surface area contributed by atoms with Crippen LogP contribution >= 0.6 is 0 Å². The monoisotopic (exact) mass is 414 g/mol. The molecule has 0 saturated heterocycles. The molecule has 3 aromatic rings. The smallest absolute Gasteiger partial charge is 0.455 e. The Bertz CT molecular complexity index is 1060. The van der Waals surface area contributed by atoms with Gasteiger partial charge in [-0.1, -0.05) is 12.1 Å². The van der Waals surface area contributed by atoms with Crippen LogP contribution < -0.4 is 15.2 Å². The maximum Gasteiger partial charge on any atom is 0.471 e. The zero-order chi connectivity index (χ0) is 21.2. The van der Waals surface area contributed by atoms with Crippen molar-refractivity contribution >= 4 is 0 Å². The summed E-state index contributed by atoms with van der Waals surface area (Å²) in [5.74, 6) is -2.65. The number of nitrogens with one attached hydrogen (secondary N) is 1. The van der Waals surface area contributed by atoms with E-state index < -0.39 is 35.7 Å². The van der Waals surface area contributed by atoms with Crippen LogP contribution in [-0.4, -0.2) is 26.4 Å². The number of hydrogen-bond donors (Lipinski definition) is 1. The Balaban J connectivity index is 1.78. The van der Waals surface area contributed by atoms with Crippen molar-refractivity contribution in [2.75, 3.05) is 0 Å². The fourth-order valence-electron chi connectivity index (χ4n) is 2.33. The highest BCUT2D eigenvalue weighted by Crippen LogP contribution is 2.31. The average molecular weight is 414 g/mol. The average Bonchev–Trinajstić information content (AvgIpc) is 3.14. The Hall–Kier alpha value is -3.44. The fraction of sp³-hybridized carbons (Fsp3) is 0.294. The Morgan fingerprint density at radius 2 is 2.03 bits per heavy atom. The number of H-pyrrole nitrogens is 1. The van der Waals surface area contributed by atoms with Gasteiger partial charge in [0.1, 0.15) is 5.75 Å². The summed E-state index contributed by atoms with van der Waals surface area (Å²) in [6.45, 7) is 3.33. The number of aromatic nitrogens is 4. The van der Waals surface area contributed by atoms with E-state index in [4.69, 9.17) is 9.47 Å². The molecule has 0 radical (unpaired) electrons. The third kappa shape index (κ3) is 4.70. The SMILES string of the molecule is CCC(Oc1ccc(-c2noc(C(F)(F)F)n2)c(C)c1)Oc1[nH]c(=O)ncc1F. The van der Waals surface area contributed by atoms with E-state index in [1.807, 2.05) is 0 Å². The molecule has 0 spiro atoms. The van der Waals surface area contributed by atoms with Crippen molar-refractivity contribution in [1.82, 2.24) is 20.1 Å². The summed E-state index contributed by atoms with van der Waals surface area (Å²) >= 11 is 0. The lowest BCUT2D eigenvalue weighted by Gasteiger charge is -2.19. The van der Waals surface area contributed by atoms with Crippen molar-refractivity contribution < 1.29 is 31.6 Å². The molecule has 0 aliphatic rings. The van der Waals surface area contributed by atoms with E-state index in [-0.39, 0.29) is 5.82 Å². The summed E-state index contributed by atoms with van der Waals surface area (Å²) in [6.07, 6.45) is -4.67. The normalized spacial score (nSPS) is 12.6. The molecule has 2 aromatic heterocycles. The molecule has 29 heavy (non-hydrogen) atoms. The number of nitrogens with zero attached hydrogens (tertiary/aromatic N) is 3. The number of alkyl halides is 3. The topological polar surface area (TPSA) is 103 Å². The van der Waals surface area contributed by atoms with E-state index >= 15 is 0 Å². The summed E-state index contributed by atoms with van der Waals surface area (Å²) < 4.78 is 66.7. The predicted octanol–water partition coefficient (Wildman–Crippen LogP) is 3.48. The maximum atomic E-state index is 13.7. The maximum absolute atomic E-state index is 13.7. The van der Waals surface area contributed by atoms with Crippen molar-refractivity contribution in [3.8, 4) is 23.0 Å². The van der Waals surface area contributed by atoms with Gasteiger partial charge >= 0.3 is 17.8 Å². The molecule has 0 aliphatic heterocycles. The molecule has 1 atom stereocenters. The minimum absolute atomic E-state index is 0.221. The molecule has 12 heteroatoms. The summed E-state index contributed by atoms with van der Waals surface area (Å²) in [5, 5.41) is 3.34. The molecule has 1 unspecified atom stereocenters. The molecule has 0 bridgehead atoms. The van der Waals surface area contributed by atoms with Gasteiger partial charge in [0.05, 0.1) is 6.20 Å². The van der Waals surface area contributed by atoms with Crippen LogP contribution in [0.25, 0.3) is 11.4 Å². The highest BCUT2D eigenvalue weighted by atomic mass is 19.4. The standard InChI is InChI=1S/C17H14F4N4O4/c1-3-12(28-14-11(18)7-22-16(26)24-14)27-9-4-5-10(8(2)6-9)13-23-15(29-25-13)17(19,20)21/h4-7,12H,3H2,1-2H3,(H,22,24,26). The van der Waals surface area contributed by atoms with E-state index in [1.165, 1.54) is 18.2 Å². The summed E-state index contributed by atoms with van der Waals surface area (Å²) in [5.41, 5.74) is 0.0419. The quantitative estimate of drug-likeness (QED) is 0.487. The minimum atomic E-state index is -4.74. The molecule has 2 heterocycles. The van der Waals surface area contributed by atoms with Crippen LogP contribution in [0.4, 0.5) is 17.6 Å². The van der Waals surface area contributed by atoms with Gasteiger partial charge < -0.3 is 14.0 Å². The lowest BCUT2D eigenvalue weighted by molar-refractivity contribution is -0.159. The summed E-state index contributed by atoms with van der Waals surface area (Å²) in [4.78, 5) is 19.9. The number of halogens is 4. The van der Waals surface area contributed by atoms with Crippen molar-refractivity contribution in [2.24, 2.45) is 0 Å². The van der Waals surface area contributed by atoms with Crippen LogP contribution in [0.3, 0.4) is 0 Å². The van der Waals surface area contributed by atoms with Crippen LogP contribution in [0, 0.1) is 12.7 Å². The molecule has 1 aromatic carbocycles. The van der Waals surface area contributed by atoms with E-state index in [0.717, 1.165) is 6.20 Å². The molecule has 154 valence electrons. The number of ether oxygens (including phenoxy) is 2. The van der Waals surface area contributed by atoms with Gasteiger partial charge in [0.25, 0.3) is 0 Å². The van der Waals surface area contributed by atoms with Gasteiger partial charge in [-0.2, -0.15) is 27.5 Å². The number of hydrogen-bond acceptors (Lipinski definition) is 7. The second kappa shape index (κ2) is 7.89. The van der Waals surface area contributed by atoms with E-state index in [2.05, 4.69) is 24.6 Å². The first kappa shape index (κ1) is 20.3. The van der Waals surface area contributed by atoms with Crippen molar-refractivity contribution in [3.63, 3.8) is 0 Å². The first-order chi connectivity index (χ1) is 13.7. The van der Waals surface area contributed by atoms with Gasteiger partial charge in [-0.15, -0.1) is 0 Å². The Labute approximate surface area is 160 Å². The van der Waals surface area contributed by atoms with Crippen LogP contribution in [0.15, 0.2) is 33.7 Å². The van der Waals surface area contributed by atoms with Crippen LogP contribution in [-0.2, 0) is 6.18 Å². The molecular formula is C17H14F4N4O4. The molecule has 0 amide bonds. The van der Waals surface area contributed by atoms with Crippen molar-refractivity contribution in [2.45, 2.75) is 32.7 Å². The van der Waals surface area contributed by atoms with E-state index in [1.54, 1.807) is 13.8 Å². The molecule has 1 N–H and O–H groups in total. The first-order valence-corrected chi connectivity index (χ1v) is 8.27. The molecule has 8 nitrogen and oxygen atoms in total. The third-order valence-electron chi connectivity index (χ3n) is 3.69. The van der Waals surface area contributed by atoms with Gasteiger partial charge in [-0.05, 0) is 30.7 Å². The van der Waals surface area contributed by atoms with Gasteiger partial charge in [-0.3, -0.25) is 4.98 Å². The lowest BCUT2D eigenvalue weighted by atomic mass is 10.1. The fourth-order valence-corrected chi connectivity index (χ4v) is 2.33. The molecule has 0 fully saturated rings. The van der Waals surface area contributed by atoms with E-state index in [0.29, 0.717) is 23.3 Å². The zero-order valence-electron chi connectivity index (χ0n) is 15.1. The number of aromatic amines is 1. The highest BCUT2D eigenvalue weighted by molar-refractivity contribution is 5.61. The van der Waals surface area contributed by atoms with E-state index in [9.17, 15) is 22.4 Å². The Morgan fingerprint density at radius 3 is 2.66 bits per heavy atom. The number of aryl methyl sites for hydroxylation is 1. The summed E-state index contributed by atoms with van der Waals surface area (Å²) in [6, 6.07) is 4.44. The predicted molar refractivity (Wildman–Crippen MR) is 89.6 cm³/mol. The van der Waals surface area contributed by atoms with Gasteiger partial charge in [-0.25, -0.2) is 4.79 Å². The molecular weight excluding hydrogens is 400 g/mol. The number of benzene rings is 1. The third-order valence-corrected chi connectivity index (χ3v) is 3.69. The lowest BCUT2D eigenvalue weighted by Crippen LogP contribution is -2.25. The first-order valence-electron chi connectivity index (χ1n) is 8.27. The van der Waals surface area contributed by atoms with Crippen LogP contribution in [0.2, 0.25) is 0 Å². The second-order valence-electron chi connectivity index (χ2n) is 5.84.